The molecule has 3 rings (SSSR count). The van der Waals surface area contributed by atoms with Crippen molar-refractivity contribution in [2.24, 2.45) is 0 Å². The molecule has 1 aromatic heterocycles. The SMILES string of the molecule is O=c1cc[nH]cc1S(=O)(=O)N1CCc2ccc(F)cc21. The van der Waals surface area contributed by atoms with Crippen LogP contribution in [0.15, 0.2) is 46.3 Å². The zero-order valence-corrected chi connectivity index (χ0v) is 11.2. The fraction of sp³-hybridized carbons (Fsp3) is 0.154. The molecule has 2 aromatic rings. The Hall–Kier alpha value is -2.15. The van der Waals surface area contributed by atoms with Gasteiger partial charge in [-0.3, -0.25) is 9.10 Å². The molecular formula is C13H11FN2O3S. The molecule has 0 fully saturated rings. The number of pyridine rings is 1. The van der Waals surface area contributed by atoms with E-state index in [1.54, 1.807) is 6.07 Å². The van der Waals surface area contributed by atoms with Gasteiger partial charge in [-0.25, -0.2) is 12.8 Å². The van der Waals surface area contributed by atoms with Gasteiger partial charge in [-0.05, 0) is 24.1 Å². The van der Waals surface area contributed by atoms with Crippen LogP contribution in [0.1, 0.15) is 5.56 Å². The lowest BCUT2D eigenvalue weighted by Crippen LogP contribution is -2.32. The molecule has 5 nitrogen and oxygen atoms in total. The van der Waals surface area contributed by atoms with Crippen molar-refractivity contribution in [1.82, 2.24) is 4.98 Å². The number of sulfonamides is 1. The van der Waals surface area contributed by atoms with Crippen LogP contribution in [0.5, 0.6) is 0 Å². The molecule has 0 unspecified atom stereocenters. The Morgan fingerprint density at radius 2 is 2.05 bits per heavy atom. The van der Waals surface area contributed by atoms with E-state index in [-0.39, 0.29) is 11.4 Å². The molecule has 2 heterocycles. The number of rotatable bonds is 2. The first kappa shape index (κ1) is 12.9. The van der Waals surface area contributed by atoms with Crippen LogP contribution in [0.4, 0.5) is 10.1 Å². The first-order chi connectivity index (χ1) is 9.50. The van der Waals surface area contributed by atoms with Crippen LogP contribution in [-0.4, -0.2) is 19.9 Å². The van der Waals surface area contributed by atoms with Gasteiger partial charge in [0.1, 0.15) is 5.82 Å². The van der Waals surface area contributed by atoms with Crippen molar-refractivity contribution in [1.29, 1.82) is 0 Å². The molecule has 20 heavy (non-hydrogen) atoms. The summed E-state index contributed by atoms with van der Waals surface area (Å²) >= 11 is 0. The predicted octanol–water partition coefficient (Wildman–Crippen LogP) is 1.27. The standard InChI is InChI=1S/C13H11FN2O3S/c14-10-2-1-9-4-6-16(11(9)7-10)20(18,19)13-8-15-5-3-12(13)17/h1-3,5,7-8H,4,6H2,(H,15,17). The second kappa shape index (κ2) is 4.45. The molecular weight excluding hydrogens is 283 g/mol. The van der Waals surface area contributed by atoms with Gasteiger partial charge in [-0.15, -0.1) is 0 Å². The Morgan fingerprint density at radius 3 is 2.80 bits per heavy atom. The van der Waals surface area contributed by atoms with E-state index in [1.165, 1.54) is 18.3 Å². The third-order valence-corrected chi connectivity index (χ3v) is 5.09. The molecule has 0 aliphatic carbocycles. The summed E-state index contributed by atoms with van der Waals surface area (Å²) in [6, 6.07) is 5.19. The third-order valence-electron chi connectivity index (χ3n) is 3.26. The number of fused-ring (bicyclic) bond motifs is 1. The number of hydrogen-bond acceptors (Lipinski definition) is 3. The highest BCUT2D eigenvalue weighted by Gasteiger charge is 2.32. The van der Waals surface area contributed by atoms with Crippen LogP contribution in [0.25, 0.3) is 0 Å². The van der Waals surface area contributed by atoms with Gasteiger partial charge in [0.15, 0.2) is 4.90 Å². The van der Waals surface area contributed by atoms with Crippen molar-refractivity contribution in [3.63, 3.8) is 0 Å². The van der Waals surface area contributed by atoms with E-state index in [1.807, 2.05) is 0 Å². The molecule has 1 aromatic carbocycles. The number of nitrogens with zero attached hydrogens (tertiary/aromatic N) is 1. The highest BCUT2D eigenvalue weighted by molar-refractivity contribution is 7.92. The smallest absolute Gasteiger partial charge is 0.269 e. The number of hydrogen-bond donors (Lipinski definition) is 1. The summed E-state index contributed by atoms with van der Waals surface area (Å²) in [5.74, 6) is -0.507. The van der Waals surface area contributed by atoms with Crippen molar-refractivity contribution in [2.75, 3.05) is 10.8 Å². The lowest BCUT2D eigenvalue weighted by molar-refractivity contribution is 0.591. The van der Waals surface area contributed by atoms with Gasteiger partial charge in [0.25, 0.3) is 10.0 Å². The van der Waals surface area contributed by atoms with E-state index in [9.17, 15) is 17.6 Å². The maximum atomic E-state index is 13.3. The Bertz CT molecular complexity index is 830. The maximum absolute atomic E-state index is 13.3. The molecule has 0 atom stereocenters. The summed E-state index contributed by atoms with van der Waals surface area (Å²) in [7, 11) is -3.98. The minimum absolute atomic E-state index is 0.204. The number of halogens is 1. The van der Waals surface area contributed by atoms with Crippen molar-refractivity contribution in [3.05, 3.63) is 58.3 Å². The van der Waals surface area contributed by atoms with Crippen LogP contribution >= 0.6 is 0 Å². The molecule has 0 radical (unpaired) electrons. The summed E-state index contributed by atoms with van der Waals surface area (Å²) in [5.41, 5.74) is 0.462. The van der Waals surface area contributed by atoms with Crippen molar-refractivity contribution in [3.8, 4) is 0 Å². The van der Waals surface area contributed by atoms with Crippen LogP contribution in [0.2, 0.25) is 0 Å². The zero-order chi connectivity index (χ0) is 14.3. The first-order valence-electron chi connectivity index (χ1n) is 5.98. The van der Waals surface area contributed by atoms with Crippen molar-refractivity contribution >= 4 is 15.7 Å². The van der Waals surface area contributed by atoms with Crippen molar-refractivity contribution < 1.29 is 12.8 Å². The monoisotopic (exact) mass is 294 g/mol. The van der Waals surface area contributed by atoms with Gasteiger partial charge in [0.2, 0.25) is 5.43 Å². The number of anilines is 1. The van der Waals surface area contributed by atoms with E-state index in [2.05, 4.69) is 4.98 Å². The largest absolute Gasteiger partial charge is 0.366 e. The average molecular weight is 294 g/mol. The molecule has 1 aliphatic rings. The number of benzene rings is 1. The normalized spacial score (nSPS) is 14.3. The van der Waals surface area contributed by atoms with Gasteiger partial charge in [0, 0.05) is 25.0 Å². The Kier molecular flexibility index (Phi) is 2.86. The fourth-order valence-corrected chi connectivity index (χ4v) is 3.83. The Balaban J connectivity index is 2.15. The second-order valence-electron chi connectivity index (χ2n) is 4.47. The fourth-order valence-electron chi connectivity index (χ4n) is 2.29. The van der Waals surface area contributed by atoms with Gasteiger partial charge >= 0.3 is 0 Å². The summed E-state index contributed by atoms with van der Waals surface area (Å²) in [4.78, 5) is 14.0. The molecule has 0 saturated carbocycles. The van der Waals surface area contributed by atoms with Crippen LogP contribution in [0.3, 0.4) is 0 Å². The summed E-state index contributed by atoms with van der Waals surface area (Å²) in [5, 5.41) is 0. The summed E-state index contributed by atoms with van der Waals surface area (Å²) in [6.45, 7) is 0.204. The molecule has 7 heteroatoms. The quantitative estimate of drug-likeness (QED) is 0.906. The first-order valence-corrected chi connectivity index (χ1v) is 7.42. The number of aromatic amines is 1. The molecule has 0 bridgehead atoms. The van der Waals surface area contributed by atoms with Gasteiger partial charge in [-0.1, -0.05) is 6.07 Å². The molecule has 0 amide bonds. The van der Waals surface area contributed by atoms with E-state index >= 15 is 0 Å². The van der Waals surface area contributed by atoms with Gasteiger partial charge in [0.05, 0.1) is 5.69 Å². The maximum Gasteiger partial charge on any atom is 0.269 e. The zero-order valence-electron chi connectivity index (χ0n) is 10.3. The molecule has 0 spiro atoms. The molecule has 1 N–H and O–H groups in total. The molecule has 1 aliphatic heterocycles. The Morgan fingerprint density at radius 1 is 1.25 bits per heavy atom. The second-order valence-corrected chi connectivity index (χ2v) is 6.30. The summed E-state index contributed by atoms with van der Waals surface area (Å²) in [6.07, 6.45) is 3.01. The molecule has 0 saturated heterocycles. The number of nitrogens with one attached hydrogen (secondary N) is 1. The topological polar surface area (TPSA) is 70.2 Å². The van der Waals surface area contributed by atoms with E-state index < -0.39 is 21.3 Å². The lowest BCUT2D eigenvalue weighted by atomic mass is 10.2. The number of H-pyrrole nitrogens is 1. The number of aromatic nitrogens is 1. The summed E-state index contributed by atoms with van der Waals surface area (Å²) < 4.78 is 39.4. The van der Waals surface area contributed by atoms with E-state index in [0.717, 1.165) is 22.1 Å². The van der Waals surface area contributed by atoms with Gasteiger partial charge < -0.3 is 4.98 Å². The van der Waals surface area contributed by atoms with Crippen LogP contribution in [0, 0.1) is 5.82 Å². The molecule has 104 valence electrons. The minimum Gasteiger partial charge on any atom is -0.366 e. The van der Waals surface area contributed by atoms with E-state index in [0.29, 0.717) is 12.1 Å². The minimum atomic E-state index is -3.98. The lowest BCUT2D eigenvalue weighted by Gasteiger charge is -2.18. The average Bonchev–Trinajstić information content (AvgIpc) is 2.82. The highest BCUT2D eigenvalue weighted by Crippen LogP contribution is 2.32. The predicted molar refractivity (Wildman–Crippen MR) is 71.7 cm³/mol. The Labute approximate surface area is 114 Å². The third kappa shape index (κ3) is 1.90. The van der Waals surface area contributed by atoms with Crippen molar-refractivity contribution in [2.45, 2.75) is 11.3 Å². The van der Waals surface area contributed by atoms with E-state index in [4.69, 9.17) is 0 Å². The highest BCUT2D eigenvalue weighted by atomic mass is 32.2. The van der Waals surface area contributed by atoms with Gasteiger partial charge in [-0.2, -0.15) is 0 Å². The van der Waals surface area contributed by atoms with Crippen LogP contribution < -0.4 is 9.73 Å². The van der Waals surface area contributed by atoms with Crippen LogP contribution in [-0.2, 0) is 16.4 Å².